The van der Waals surface area contributed by atoms with Crippen LogP contribution in [0.3, 0.4) is 0 Å². The van der Waals surface area contributed by atoms with Crippen molar-refractivity contribution in [3.63, 3.8) is 0 Å². The van der Waals surface area contributed by atoms with Crippen LogP contribution in [0, 0.1) is 0 Å². The predicted molar refractivity (Wildman–Crippen MR) is 69.0 cm³/mol. The topological polar surface area (TPSA) is 69.4 Å². The molecule has 0 aliphatic rings. The number of carbonyl (C=O) groups is 2. The van der Waals surface area contributed by atoms with Crippen molar-refractivity contribution < 1.29 is 14.3 Å². The van der Waals surface area contributed by atoms with E-state index in [0.717, 1.165) is 5.56 Å². The fraction of sp³-hybridized carbons (Fsp3) is 0.429. The first-order chi connectivity index (χ1) is 8.43. The molecule has 98 valence electrons. The number of ether oxygens (including phenoxy) is 1. The smallest absolute Gasteiger partial charge is 0.320 e. The Morgan fingerprint density at radius 1 is 1.22 bits per heavy atom. The average molecular weight is 249 g/mol. The highest BCUT2D eigenvalue weighted by atomic mass is 16.6. The lowest BCUT2D eigenvalue weighted by molar-refractivity contribution is -0.156. The number of nitrogens with two attached hydrogens (primary N) is 1. The van der Waals surface area contributed by atoms with E-state index in [4.69, 9.17) is 10.5 Å². The minimum atomic E-state index is -0.803. The van der Waals surface area contributed by atoms with E-state index in [-0.39, 0.29) is 18.7 Å². The molecule has 0 saturated carbocycles. The Morgan fingerprint density at radius 3 is 2.39 bits per heavy atom. The van der Waals surface area contributed by atoms with Gasteiger partial charge in [-0.1, -0.05) is 30.3 Å². The van der Waals surface area contributed by atoms with Crippen molar-refractivity contribution in [3.8, 4) is 0 Å². The van der Waals surface area contributed by atoms with E-state index in [2.05, 4.69) is 0 Å². The van der Waals surface area contributed by atoms with Crippen molar-refractivity contribution in [2.45, 2.75) is 32.3 Å². The van der Waals surface area contributed by atoms with Gasteiger partial charge < -0.3 is 10.5 Å². The highest BCUT2D eigenvalue weighted by Crippen LogP contribution is 2.16. The van der Waals surface area contributed by atoms with Crippen LogP contribution in [-0.2, 0) is 20.7 Å². The Kier molecular flexibility index (Phi) is 5.04. The lowest BCUT2D eigenvalue weighted by atomic mass is 9.97. The monoisotopic (exact) mass is 249 g/mol. The minimum absolute atomic E-state index is 0.0380. The van der Waals surface area contributed by atoms with E-state index < -0.39 is 11.6 Å². The highest BCUT2D eigenvalue weighted by Gasteiger charge is 2.25. The zero-order valence-corrected chi connectivity index (χ0v) is 10.8. The van der Waals surface area contributed by atoms with E-state index in [1.807, 2.05) is 30.3 Å². The molecule has 1 rings (SSSR count). The maximum Gasteiger partial charge on any atom is 0.320 e. The van der Waals surface area contributed by atoms with Crippen LogP contribution in [-0.4, -0.2) is 23.9 Å². The number of hydrogen-bond donors (Lipinski definition) is 1. The molecule has 1 aromatic carbocycles. The summed E-state index contributed by atoms with van der Waals surface area (Å²) in [4.78, 5) is 23.0. The standard InChI is InChI=1S/C14H19NO3/c1-14(2,18-13(17)10-15)9-12(16)8-11-6-4-3-5-7-11/h3-7H,8-10,15H2,1-2H3. The molecular formula is C14H19NO3. The maximum atomic E-state index is 11.9. The molecule has 0 spiro atoms. The second kappa shape index (κ2) is 6.31. The third-order valence-electron chi connectivity index (χ3n) is 2.42. The summed E-state index contributed by atoms with van der Waals surface area (Å²) in [6.07, 6.45) is 0.540. The van der Waals surface area contributed by atoms with Crippen LogP contribution >= 0.6 is 0 Å². The second-order valence-corrected chi connectivity index (χ2v) is 4.82. The first-order valence-electron chi connectivity index (χ1n) is 5.90. The van der Waals surface area contributed by atoms with E-state index in [9.17, 15) is 9.59 Å². The van der Waals surface area contributed by atoms with Crippen molar-refractivity contribution in [1.82, 2.24) is 0 Å². The number of Topliss-reactive ketones (excluding diaryl/α,β-unsaturated/α-hetero) is 1. The van der Waals surface area contributed by atoms with E-state index in [1.54, 1.807) is 13.8 Å². The molecule has 0 aliphatic carbocycles. The van der Waals surface area contributed by atoms with Gasteiger partial charge in [-0.2, -0.15) is 0 Å². The largest absolute Gasteiger partial charge is 0.458 e. The number of rotatable bonds is 6. The molecule has 0 bridgehead atoms. The summed E-state index contributed by atoms with van der Waals surface area (Å²) < 4.78 is 5.11. The van der Waals surface area contributed by atoms with Crippen molar-refractivity contribution in [1.29, 1.82) is 0 Å². The summed E-state index contributed by atoms with van der Waals surface area (Å²) in [5, 5.41) is 0. The molecule has 1 aromatic rings. The Hall–Kier alpha value is -1.68. The normalized spacial score (nSPS) is 11.1. The number of ketones is 1. The molecule has 0 fully saturated rings. The zero-order chi connectivity index (χ0) is 13.6. The maximum absolute atomic E-state index is 11.9. The van der Waals surface area contributed by atoms with Crippen molar-refractivity contribution in [3.05, 3.63) is 35.9 Å². The predicted octanol–water partition coefficient (Wildman–Crippen LogP) is 1.47. The summed E-state index contributed by atoms with van der Waals surface area (Å²) in [6.45, 7) is 3.25. The first kappa shape index (κ1) is 14.4. The van der Waals surface area contributed by atoms with Gasteiger partial charge in [0, 0.05) is 12.8 Å². The second-order valence-electron chi connectivity index (χ2n) is 4.82. The molecular weight excluding hydrogens is 230 g/mol. The third kappa shape index (κ3) is 5.10. The van der Waals surface area contributed by atoms with Gasteiger partial charge in [0.25, 0.3) is 0 Å². The van der Waals surface area contributed by atoms with Crippen molar-refractivity contribution in [2.75, 3.05) is 6.54 Å². The third-order valence-corrected chi connectivity index (χ3v) is 2.42. The Morgan fingerprint density at radius 2 is 1.83 bits per heavy atom. The number of hydrogen-bond acceptors (Lipinski definition) is 4. The lowest BCUT2D eigenvalue weighted by Gasteiger charge is -2.24. The minimum Gasteiger partial charge on any atom is -0.458 e. The average Bonchev–Trinajstić information content (AvgIpc) is 2.28. The molecule has 0 amide bonds. The zero-order valence-electron chi connectivity index (χ0n) is 10.8. The highest BCUT2D eigenvalue weighted by molar-refractivity contribution is 5.82. The summed E-state index contributed by atoms with van der Waals surface area (Å²) in [6, 6.07) is 9.49. The van der Waals surface area contributed by atoms with Crippen molar-refractivity contribution >= 4 is 11.8 Å². The molecule has 0 aliphatic heterocycles. The summed E-state index contributed by atoms with van der Waals surface area (Å²) in [5.74, 6) is -0.455. The van der Waals surface area contributed by atoms with E-state index in [1.165, 1.54) is 0 Å². The van der Waals surface area contributed by atoms with Gasteiger partial charge in [-0.3, -0.25) is 9.59 Å². The fourth-order valence-corrected chi connectivity index (χ4v) is 1.75. The van der Waals surface area contributed by atoms with Gasteiger partial charge in [0.05, 0.1) is 6.54 Å². The van der Waals surface area contributed by atoms with Gasteiger partial charge >= 0.3 is 5.97 Å². The Bertz CT molecular complexity index is 412. The molecule has 4 heteroatoms. The molecule has 0 radical (unpaired) electrons. The van der Waals surface area contributed by atoms with Gasteiger partial charge in [0.1, 0.15) is 11.4 Å². The summed E-state index contributed by atoms with van der Waals surface area (Å²) in [5.41, 5.74) is 5.33. The van der Waals surface area contributed by atoms with Crippen molar-refractivity contribution in [2.24, 2.45) is 5.73 Å². The van der Waals surface area contributed by atoms with Crippen LogP contribution in [0.5, 0.6) is 0 Å². The van der Waals surface area contributed by atoms with Crippen LogP contribution in [0.4, 0.5) is 0 Å². The van der Waals surface area contributed by atoms with Crippen LogP contribution in [0.2, 0.25) is 0 Å². The molecule has 18 heavy (non-hydrogen) atoms. The lowest BCUT2D eigenvalue weighted by Crippen LogP contribution is -2.34. The van der Waals surface area contributed by atoms with Crippen LogP contribution < -0.4 is 5.73 Å². The number of esters is 1. The van der Waals surface area contributed by atoms with Gasteiger partial charge in [-0.15, -0.1) is 0 Å². The Balaban J connectivity index is 2.51. The summed E-state index contributed by atoms with van der Waals surface area (Å²) in [7, 11) is 0. The Labute approximate surface area is 107 Å². The van der Waals surface area contributed by atoms with E-state index >= 15 is 0 Å². The van der Waals surface area contributed by atoms with Crippen LogP contribution in [0.1, 0.15) is 25.8 Å². The first-order valence-corrected chi connectivity index (χ1v) is 5.90. The molecule has 4 nitrogen and oxygen atoms in total. The van der Waals surface area contributed by atoms with Gasteiger partial charge in [0.2, 0.25) is 0 Å². The summed E-state index contributed by atoms with van der Waals surface area (Å²) >= 11 is 0. The molecule has 2 N–H and O–H groups in total. The molecule has 0 saturated heterocycles. The van der Waals surface area contributed by atoms with Crippen LogP contribution in [0.25, 0.3) is 0 Å². The van der Waals surface area contributed by atoms with Crippen LogP contribution in [0.15, 0.2) is 30.3 Å². The SMILES string of the molecule is CC(C)(CC(=O)Cc1ccccc1)OC(=O)CN. The number of benzene rings is 1. The van der Waals surface area contributed by atoms with E-state index in [0.29, 0.717) is 6.42 Å². The molecule has 0 aromatic heterocycles. The quantitative estimate of drug-likeness (QED) is 0.775. The van der Waals surface area contributed by atoms with Gasteiger partial charge in [-0.25, -0.2) is 0 Å². The number of carbonyl (C=O) groups excluding carboxylic acids is 2. The molecule has 0 heterocycles. The fourth-order valence-electron chi connectivity index (χ4n) is 1.75. The molecule has 0 atom stereocenters. The van der Waals surface area contributed by atoms with Gasteiger partial charge in [-0.05, 0) is 19.4 Å². The molecule has 0 unspecified atom stereocenters. The van der Waals surface area contributed by atoms with Gasteiger partial charge in [0.15, 0.2) is 0 Å².